The van der Waals surface area contributed by atoms with Crippen molar-refractivity contribution in [3.63, 3.8) is 0 Å². The summed E-state index contributed by atoms with van der Waals surface area (Å²) in [5, 5.41) is 8.94. The van der Waals surface area contributed by atoms with Gasteiger partial charge in [0.05, 0.1) is 50.8 Å². The normalized spacial score (nSPS) is 14.0. The molecule has 10 nitrogen and oxygen atoms in total. The van der Waals surface area contributed by atoms with E-state index in [-0.39, 0.29) is 41.6 Å². The van der Waals surface area contributed by atoms with Gasteiger partial charge in [-0.05, 0) is 50.2 Å². The summed E-state index contributed by atoms with van der Waals surface area (Å²) in [4.78, 5) is 23.3. The summed E-state index contributed by atoms with van der Waals surface area (Å²) in [6.45, 7) is 12.6. The molecule has 0 aromatic heterocycles. The van der Waals surface area contributed by atoms with Crippen LogP contribution in [0.5, 0.6) is 11.5 Å². The fourth-order valence-electron chi connectivity index (χ4n) is 3.17. The molecule has 0 bridgehead atoms. The van der Waals surface area contributed by atoms with Gasteiger partial charge in [-0.2, -0.15) is 0 Å². The molecule has 0 saturated carbocycles. The Morgan fingerprint density at radius 2 is 1.48 bits per heavy atom. The van der Waals surface area contributed by atoms with E-state index >= 15 is 0 Å². The van der Waals surface area contributed by atoms with Gasteiger partial charge in [0.25, 0.3) is 0 Å². The molecule has 1 heterocycles. The van der Waals surface area contributed by atoms with Crippen molar-refractivity contribution in [2.75, 3.05) is 52.9 Å². The van der Waals surface area contributed by atoms with Crippen molar-refractivity contribution in [1.29, 1.82) is 0 Å². The van der Waals surface area contributed by atoms with Crippen LogP contribution in [0.4, 0.5) is 0 Å². The maximum absolute atomic E-state index is 11.8. The third-order valence-electron chi connectivity index (χ3n) is 4.95. The van der Waals surface area contributed by atoms with Gasteiger partial charge >= 0.3 is 11.9 Å². The van der Waals surface area contributed by atoms with E-state index in [1.165, 1.54) is 0 Å². The number of carbonyl (C=O) groups excluding carboxylic acids is 2. The number of carbonyl (C=O) groups is 2. The first-order valence-electron chi connectivity index (χ1n) is 13.7. The fourth-order valence-corrected chi connectivity index (χ4v) is 5.37. The summed E-state index contributed by atoms with van der Waals surface area (Å²) in [7, 11) is 3.27. The maximum Gasteiger partial charge on any atom is 0.338 e. The molecule has 0 spiro atoms. The number of hydrogen-bond acceptors (Lipinski definition) is 12. The average Bonchev–Trinajstić information content (AvgIpc) is 3.50. The summed E-state index contributed by atoms with van der Waals surface area (Å²) in [6, 6.07) is 13.7. The van der Waals surface area contributed by atoms with Crippen molar-refractivity contribution >= 4 is 33.5 Å². The topological polar surface area (TPSA) is 119 Å². The molecule has 1 aliphatic rings. The van der Waals surface area contributed by atoms with Crippen LogP contribution in [0.3, 0.4) is 0 Å². The largest absolute Gasteiger partial charge is 0.490 e. The van der Waals surface area contributed by atoms with Gasteiger partial charge in [-0.25, -0.2) is 9.59 Å². The predicted molar refractivity (Wildman–Crippen MR) is 163 cm³/mol. The molecular weight excluding hydrogens is 584 g/mol. The Labute approximate surface area is 256 Å². The molecule has 234 valence electrons. The van der Waals surface area contributed by atoms with E-state index in [0.717, 1.165) is 0 Å². The number of esters is 2. The first-order valence-corrected chi connectivity index (χ1v) is 16.0. The number of rotatable bonds is 15. The summed E-state index contributed by atoms with van der Waals surface area (Å²) >= 11 is 0. The van der Waals surface area contributed by atoms with Crippen LogP contribution in [0.25, 0.3) is 0 Å². The van der Waals surface area contributed by atoms with Crippen LogP contribution in [-0.2, 0) is 23.7 Å². The van der Waals surface area contributed by atoms with Crippen LogP contribution in [0.2, 0.25) is 0 Å². The Kier molecular flexibility index (Phi) is 16.7. The minimum absolute atomic E-state index is 0.0322. The van der Waals surface area contributed by atoms with E-state index in [1.54, 1.807) is 84.0 Å². The van der Waals surface area contributed by atoms with E-state index in [0.29, 0.717) is 62.3 Å². The Hall–Kier alpha value is -2.48. The monoisotopic (exact) mass is 626 g/mol. The Balaban J connectivity index is 0.000000305. The third-order valence-corrected chi connectivity index (χ3v) is 8.47. The maximum atomic E-state index is 11.8. The van der Waals surface area contributed by atoms with E-state index in [9.17, 15) is 9.59 Å². The van der Waals surface area contributed by atoms with Crippen LogP contribution in [0.15, 0.2) is 48.5 Å². The van der Waals surface area contributed by atoms with Gasteiger partial charge in [0, 0.05) is 4.75 Å². The van der Waals surface area contributed by atoms with Crippen molar-refractivity contribution in [1.82, 2.24) is 0 Å². The highest BCUT2D eigenvalue weighted by molar-refractivity contribution is 8.77. The highest BCUT2D eigenvalue weighted by Crippen LogP contribution is 2.38. The van der Waals surface area contributed by atoms with Crippen molar-refractivity contribution < 1.29 is 47.9 Å². The lowest BCUT2D eigenvalue weighted by Crippen LogP contribution is -2.20. The van der Waals surface area contributed by atoms with Gasteiger partial charge in [-0.15, -0.1) is 0 Å². The van der Waals surface area contributed by atoms with Crippen LogP contribution in [0, 0.1) is 0 Å². The second-order valence-corrected chi connectivity index (χ2v) is 12.8. The second kappa shape index (κ2) is 19.7. The number of aliphatic hydroxyl groups excluding tert-OH is 1. The molecule has 1 N–H and O–H groups in total. The van der Waals surface area contributed by atoms with Crippen LogP contribution < -0.4 is 9.47 Å². The van der Waals surface area contributed by atoms with Crippen LogP contribution >= 0.6 is 21.6 Å². The molecule has 1 saturated heterocycles. The predicted octanol–water partition coefficient (Wildman–Crippen LogP) is 5.37. The van der Waals surface area contributed by atoms with Gasteiger partial charge in [-0.3, -0.25) is 0 Å². The minimum atomic E-state index is -0.367. The third kappa shape index (κ3) is 14.6. The van der Waals surface area contributed by atoms with E-state index in [2.05, 4.69) is 20.8 Å². The van der Waals surface area contributed by atoms with Crippen molar-refractivity contribution in [3.05, 3.63) is 59.7 Å². The zero-order valence-corrected chi connectivity index (χ0v) is 26.5. The smallest absolute Gasteiger partial charge is 0.338 e. The molecule has 0 amide bonds. The van der Waals surface area contributed by atoms with Gasteiger partial charge < -0.3 is 38.3 Å². The SMILES string of the molecule is CCOC(=O)c1cccc(OCC(OCCO)SSC(C)(C)C)c1.CCOC(=O)c1cccc(OCC2OCCO2)c1. The fraction of sp³-hybridized carbons (Fsp3) is 0.533. The molecule has 12 heteroatoms. The Bertz CT molecular complexity index is 1070. The zero-order chi connectivity index (χ0) is 30.8. The van der Waals surface area contributed by atoms with Gasteiger partial charge in [0.1, 0.15) is 30.1 Å². The average molecular weight is 627 g/mol. The van der Waals surface area contributed by atoms with E-state index < -0.39 is 0 Å². The first-order chi connectivity index (χ1) is 20.1. The molecule has 3 rings (SSSR count). The minimum Gasteiger partial charge on any atom is -0.490 e. The zero-order valence-electron chi connectivity index (χ0n) is 24.9. The quantitative estimate of drug-likeness (QED) is 0.155. The molecule has 0 radical (unpaired) electrons. The van der Waals surface area contributed by atoms with Gasteiger partial charge in [-0.1, -0.05) is 54.5 Å². The summed E-state index contributed by atoms with van der Waals surface area (Å²) < 4.78 is 37.3. The lowest BCUT2D eigenvalue weighted by atomic mass is 10.2. The number of hydrogen-bond donors (Lipinski definition) is 1. The first kappa shape index (κ1) is 35.7. The highest BCUT2D eigenvalue weighted by atomic mass is 33.1. The lowest BCUT2D eigenvalue weighted by Gasteiger charge is -2.22. The Morgan fingerprint density at radius 1 is 0.929 bits per heavy atom. The summed E-state index contributed by atoms with van der Waals surface area (Å²) in [6.07, 6.45) is -0.323. The molecule has 0 aliphatic carbocycles. The molecule has 42 heavy (non-hydrogen) atoms. The summed E-state index contributed by atoms with van der Waals surface area (Å²) in [5.74, 6) is 0.462. The standard InChI is InChI=1S/C17H26O5S2.C13H16O5/c1-5-20-16(19)13-7-6-8-14(11-13)22-12-15(21-10-9-18)23-24-17(2,3)4;1-2-15-13(14)10-4-3-5-11(8-10)18-9-12-16-6-7-17-12/h6-8,11,15,18H,5,9-10,12H2,1-4H3;3-5,8,12H,2,6-7,9H2,1H3. The number of benzene rings is 2. The molecule has 1 atom stereocenters. The van der Waals surface area contributed by atoms with Gasteiger partial charge in [0.15, 0.2) is 6.29 Å². The van der Waals surface area contributed by atoms with Crippen LogP contribution in [-0.4, -0.2) is 86.4 Å². The van der Waals surface area contributed by atoms with Gasteiger partial charge in [0.2, 0.25) is 0 Å². The van der Waals surface area contributed by atoms with E-state index in [4.69, 9.17) is 38.3 Å². The molecule has 1 fully saturated rings. The van der Waals surface area contributed by atoms with Crippen molar-refractivity contribution in [3.8, 4) is 11.5 Å². The molecule has 1 unspecified atom stereocenters. The number of aliphatic hydroxyl groups is 1. The Morgan fingerprint density at radius 3 is 1.98 bits per heavy atom. The molecular formula is C30H42O10S2. The molecule has 2 aromatic rings. The molecule has 2 aromatic carbocycles. The summed E-state index contributed by atoms with van der Waals surface area (Å²) in [5.41, 5.74) is 0.717. The number of ether oxygens (including phenoxy) is 7. The van der Waals surface area contributed by atoms with Crippen LogP contribution in [0.1, 0.15) is 55.3 Å². The van der Waals surface area contributed by atoms with E-state index in [1.807, 2.05) is 0 Å². The van der Waals surface area contributed by atoms with Crippen molar-refractivity contribution in [2.24, 2.45) is 0 Å². The lowest BCUT2D eigenvalue weighted by molar-refractivity contribution is -0.0684. The highest BCUT2D eigenvalue weighted by Gasteiger charge is 2.19. The molecule has 1 aliphatic heterocycles. The second-order valence-electron chi connectivity index (χ2n) is 9.61. The van der Waals surface area contributed by atoms with Crippen molar-refractivity contribution in [2.45, 2.75) is 51.1 Å².